The van der Waals surface area contributed by atoms with E-state index in [-0.39, 0.29) is 17.2 Å². The summed E-state index contributed by atoms with van der Waals surface area (Å²) in [5.41, 5.74) is 2.15. The molecule has 3 aromatic rings. The molecule has 1 aliphatic carbocycles. The topological polar surface area (TPSA) is 97.0 Å². The average molecular weight is 455 g/mol. The highest BCUT2D eigenvalue weighted by molar-refractivity contribution is 7.99. The number of nitrogens with zero attached hydrogens (tertiary/aromatic N) is 3. The Hall–Kier alpha value is -2.67. The molecule has 31 heavy (non-hydrogen) atoms. The first kappa shape index (κ1) is 21.6. The number of rotatable bonds is 7. The summed E-state index contributed by atoms with van der Waals surface area (Å²) < 4.78 is 6.82. The minimum Gasteiger partial charge on any atom is -0.383 e. The van der Waals surface area contributed by atoms with Gasteiger partial charge in [-0.2, -0.15) is 5.26 Å². The molecule has 4 rings (SSSR count). The van der Waals surface area contributed by atoms with Crippen molar-refractivity contribution < 1.29 is 9.53 Å². The molecular formula is C22H22N4O3S2. The number of benzene rings is 1. The number of hydrogen-bond donors (Lipinski definition) is 1. The number of anilines is 1. The first-order chi connectivity index (χ1) is 15.1. The van der Waals surface area contributed by atoms with Gasteiger partial charge in [0.05, 0.1) is 35.9 Å². The fraction of sp³-hybridized carbons (Fsp3) is 0.364. The number of nitrogens with one attached hydrogen (secondary N) is 1. The lowest BCUT2D eigenvalue weighted by Gasteiger charge is -2.13. The van der Waals surface area contributed by atoms with Crippen molar-refractivity contribution in [3.8, 4) is 6.07 Å². The van der Waals surface area contributed by atoms with Gasteiger partial charge in [-0.15, -0.1) is 11.3 Å². The monoisotopic (exact) mass is 454 g/mol. The number of thiophene rings is 1. The van der Waals surface area contributed by atoms with Gasteiger partial charge in [0.15, 0.2) is 5.16 Å². The Balaban J connectivity index is 1.59. The molecule has 1 N–H and O–H groups in total. The van der Waals surface area contributed by atoms with Crippen LogP contribution in [0.4, 0.5) is 5.69 Å². The Morgan fingerprint density at radius 2 is 2.23 bits per heavy atom. The molecule has 0 bridgehead atoms. The second-order valence-corrected chi connectivity index (χ2v) is 9.29. The smallest absolute Gasteiger partial charge is 0.263 e. The van der Waals surface area contributed by atoms with E-state index in [0.29, 0.717) is 29.6 Å². The molecule has 1 aliphatic rings. The largest absolute Gasteiger partial charge is 0.383 e. The number of carbonyl (C=O) groups is 1. The average Bonchev–Trinajstić information content (AvgIpc) is 3.16. The third-order valence-corrected chi connectivity index (χ3v) is 7.33. The molecule has 0 unspecified atom stereocenters. The second kappa shape index (κ2) is 9.64. The Kier molecular flexibility index (Phi) is 6.70. The van der Waals surface area contributed by atoms with E-state index in [1.165, 1.54) is 16.6 Å². The van der Waals surface area contributed by atoms with E-state index in [1.807, 2.05) is 0 Å². The molecule has 160 valence electrons. The second-order valence-electron chi connectivity index (χ2n) is 7.26. The molecule has 0 fully saturated rings. The molecule has 1 amide bonds. The molecule has 0 saturated carbocycles. The van der Waals surface area contributed by atoms with Crippen LogP contribution in [-0.4, -0.2) is 34.9 Å². The summed E-state index contributed by atoms with van der Waals surface area (Å²) in [6.07, 6.45) is 4.17. The number of ether oxygens (including phenoxy) is 1. The lowest BCUT2D eigenvalue weighted by molar-refractivity contribution is -0.113. The zero-order chi connectivity index (χ0) is 21.8. The zero-order valence-electron chi connectivity index (χ0n) is 17.1. The number of aryl methyl sites for hydroxylation is 2. The van der Waals surface area contributed by atoms with Gasteiger partial charge in [-0.1, -0.05) is 17.8 Å². The number of carbonyl (C=O) groups excluding carboxylic acids is 1. The van der Waals surface area contributed by atoms with Crippen LogP contribution in [0.1, 0.15) is 28.8 Å². The number of aromatic nitrogens is 2. The molecule has 0 saturated heterocycles. The van der Waals surface area contributed by atoms with Gasteiger partial charge in [0.25, 0.3) is 5.56 Å². The Bertz CT molecular complexity index is 1230. The molecule has 2 heterocycles. The Morgan fingerprint density at radius 3 is 3.03 bits per heavy atom. The van der Waals surface area contributed by atoms with Crippen molar-refractivity contribution in [3.05, 3.63) is 50.6 Å². The van der Waals surface area contributed by atoms with Crippen LogP contribution in [0.25, 0.3) is 10.2 Å². The van der Waals surface area contributed by atoms with Gasteiger partial charge in [-0.3, -0.25) is 14.2 Å². The maximum atomic E-state index is 13.3. The third-order valence-electron chi connectivity index (χ3n) is 5.17. The minimum absolute atomic E-state index is 0.0499. The van der Waals surface area contributed by atoms with Crippen LogP contribution in [0.15, 0.2) is 34.2 Å². The van der Waals surface area contributed by atoms with Gasteiger partial charge in [-0.25, -0.2) is 4.98 Å². The lowest BCUT2D eigenvalue weighted by Crippen LogP contribution is -2.26. The van der Waals surface area contributed by atoms with Gasteiger partial charge in [-0.05, 0) is 49.4 Å². The van der Waals surface area contributed by atoms with E-state index in [2.05, 4.69) is 11.4 Å². The van der Waals surface area contributed by atoms with Crippen LogP contribution in [0.5, 0.6) is 0 Å². The Labute approximate surface area is 188 Å². The molecule has 0 aliphatic heterocycles. The van der Waals surface area contributed by atoms with Crippen molar-refractivity contribution in [1.82, 2.24) is 9.55 Å². The van der Waals surface area contributed by atoms with Crippen LogP contribution in [-0.2, 0) is 28.9 Å². The normalized spacial score (nSPS) is 13.0. The molecule has 0 atom stereocenters. The van der Waals surface area contributed by atoms with Gasteiger partial charge in [0.2, 0.25) is 5.91 Å². The summed E-state index contributed by atoms with van der Waals surface area (Å²) in [5, 5.41) is 13.1. The predicted molar refractivity (Wildman–Crippen MR) is 123 cm³/mol. The number of nitriles is 1. The summed E-state index contributed by atoms with van der Waals surface area (Å²) in [6.45, 7) is 0.775. The predicted octanol–water partition coefficient (Wildman–Crippen LogP) is 3.59. The minimum atomic E-state index is -0.224. The van der Waals surface area contributed by atoms with E-state index in [0.717, 1.165) is 41.5 Å². The maximum absolute atomic E-state index is 13.3. The van der Waals surface area contributed by atoms with Crippen molar-refractivity contribution in [2.24, 2.45) is 0 Å². The lowest BCUT2D eigenvalue weighted by atomic mass is 9.97. The van der Waals surface area contributed by atoms with Crippen molar-refractivity contribution >= 4 is 44.9 Å². The third kappa shape index (κ3) is 4.66. The molecule has 1 aromatic carbocycles. The molecular weight excluding hydrogens is 432 g/mol. The van der Waals surface area contributed by atoms with Gasteiger partial charge in [0.1, 0.15) is 4.83 Å². The molecule has 7 nitrogen and oxygen atoms in total. The standard InChI is InChI=1S/C22H22N4O3S2/c1-29-10-9-26-21(28)19-16-7-2-3-8-17(16)31-20(19)25-22(26)30-13-18(27)24-15-6-4-5-14(11-15)12-23/h4-6,11H,2-3,7-10,13H2,1H3,(H,24,27). The number of fused-ring (bicyclic) bond motifs is 3. The fourth-order valence-electron chi connectivity index (χ4n) is 3.70. The van der Waals surface area contributed by atoms with Crippen LogP contribution < -0.4 is 10.9 Å². The fourth-order valence-corrected chi connectivity index (χ4v) is 5.83. The zero-order valence-corrected chi connectivity index (χ0v) is 18.8. The summed E-state index contributed by atoms with van der Waals surface area (Å²) in [6, 6.07) is 8.81. The quantitative estimate of drug-likeness (QED) is 0.433. The molecule has 0 spiro atoms. The SMILES string of the molecule is COCCn1c(SCC(=O)Nc2cccc(C#N)c2)nc2sc3c(c2c1=O)CCCC3. The highest BCUT2D eigenvalue weighted by Gasteiger charge is 2.22. The Morgan fingerprint density at radius 1 is 1.39 bits per heavy atom. The van der Waals surface area contributed by atoms with Crippen LogP contribution >= 0.6 is 23.1 Å². The highest BCUT2D eigenvalue weighted by Crippen LogP contribution is 2.34. The van der Waals surface area contributed by atoms with Crippen LogP contribution in [0.2, 0.25) is 0 Å². The van der Waals surface area contributed by atoms with Crippen LogP contribution in [0, 0.1) is 11.3 Å². The summed E-state index contributed by atoms with van der Waals surface area (Å²) >= 11 is 2.84. The van der Waals surface area contributed by atoms with E-state index >= 15 is 0 Å². The maximum Gasteiger partial charge on any atom is 0.263 e. The number of amides is 1. The highest BCUT2D eigenvalue weighted by atomic mass is 32.2. The van der Waals surface area contributed by atoms with Crippen molar-refractivity contribution in [1.29, 1.82) is 5.26 Å². The van der Waals surface area contributed by atoms with Crippen molar-refractivity contribution in [2.75, 3.05) is 24.8 Å². The van der Waals surface area contributed by atoms with Crippen molar-refractivity contribution in [3.63, 3.8) is 0 Å². The van der Waals surface area contributed by atoms with Crippen molar-refractivity contribution in [2.45, 2.75) is 37.4 Å². The summed E-state index contributed by atoms with van der Waals surface area (Å²) in [4.78, 5) is 32.6. The first-order valence-electron chi connectivity index (χ1n) is 10.1. The van der Waals surface area contributed by atoms with E-state index in [1.54, 1.807) is 47.3 Å². The molecule has 0 radical (unpaired) electrons. The van der Waals surface area contributed by atoms with Gasteiger partial charge in [0, 0.05) is 17.7 Å². The number of hydrogen-bond acceptors (Lipinski definition) is 7. The van der Waals surface area contributed by atoms with E-state index in [4.69, 9.17) is 15.0 Å². The summed E-state index contributed by atoms with van der Waals surface area (Å²) in [7, 11) is 1.60. The summed E-state index contributed by atoms with van der Waals surface area (Å²) in [5.74, 6) is -0.120. The number of methoxy groups -OCH3 is 1. The number of thioether (sulfide) groups is 1. The first-order valence-corrected chi connectivity index (χ1v) is 11.9. The van der Waals surface area contributed by atoms with E-state index < -0.39 is 0 Å². The van der Waals surface area contributed by atoms with E-state index in [9.17, 15) is 9.59 Å². The van der Waals surface area contributed by atoms with Gasteiger partial charge < -0.3 is 10.1 Å². The van der Waals surface area contributed by atoms with Gasteiger partial charge >= 0.3 is 0 Å². The molecule has 9 heteroatoms. The molecule has 2 aromatic heterocycles. The van der Waals surface area contributed by atoms with Crippen LogP contribution in [0.3, 0.4) is 0 Å².